The first kappa shape index (κ1) is 13.8. The van der Waals surface area contributed by atoms with Crippen LogP contribution in [0.4, 0.5) is 0 Å². The summed E-state index contributed by atoms with van der Waals surface area (Å²) in [6, 6.07) is 0.575. The van der Waals surface area contributed by atoms with Crippen LogP contribution >= 0.6 is 12.4 Å². The topological polar surface area (TPSA) is 32.3 Å². The first-order chi connectivity index (χ1) is 7.27. The molecule has 2 rings (SSSR count). The van der Waals surface area contributed by atoms with Crippen LogP contribution in [0.1, 0.15) is 38.5 Å². The Balaban J connectivity index is 0.00000128. The van der Waals surface area contributed by atoms with Gasteiger partial charge < -0.3 is 10.2 Å². The van der Waals surface area contributed by atoms with E-state index in [0.717, 1.165) is 31.8 Å². The average molecular weight is 247 g/mol. The molecule has 0 aromatic rings. The van der Waals surface area contributed by atoms with Crippen LogP contribution in [-0.2, 0) is 4.79 Å². The van der Waals surface area contributed by atoms with Crippen molar-refractivity contribution in [3.05, 3.63) is 0 Å². The van der Waals surface area contributed by atoms with Crippen LogP contribution in [0.5, 0.6) is 0 Å². The molecule has 1 heterocycles. The molecule has 0 bridgehead atoms. The van der Waals surface area contributed by atoms with E-state index in [9.17, 15) is 4.79 Å². The van der Waals surface area contributed by atoms with E-state index in [1.54, 1.807) is 0 Å². The molecule has 1 aliphatic heterocycles. The fourth-order valence-corrected chi connectivity index (χ4v) is 2.34. The highest BCUT2D eigenvalue weighted by Gasteiger charge is 2.29. The van der Waals surface area contributed by atoms with Gasteiger partial charge in [0, 0.05) is 19.5 Å². The molecule has 1 aliphatic carbocycles. The van der Waals surface area contributed by atoms with Crippen molar-refractivity contribution in [2.75, 3.05) is 20.1 Å². The van der Waals surface area contributed by atoms with Crippen molar-refractivity contribution in [2.45, 2.75) is 44.6 Å². The summed E-state index contributed by atoms with van der Waals surface area (Å²) in [7, 11) is 1.96. The van der Waals surface area contributed by atoms with Gasteiger partial charge in [0.15, 0.2) is 0 Å². The van der Waals surface area contributed by atoms with Gasteiger partial charge in [-0.2, -0.15) is 0 Å². The molecule has 0 unspecified atom stereocenters. The van der Waals surface area contributed by atoms with E-state index >= 15 is 0 Å². The molecular formula is C12H23ClN2O. The summed E-state index contributed by atoms with van der Waals surface area (Å²) < 4.78 is 0. The molecule has 0 spiro atoms. The molecular weight excluding hydrogens is 224 g/mol. The third-order valence-electron chi connectivity index (χ3n) is 3.71. The number of rotatable bonds is 4. The molecule has 94 valence electrons. The smallest absolute Gasteiger partial charge is 0.222 e. The number of carbonyl (C=O) groups is 1. The SMILES string of the molecule is CN(C(=O)CCC1CCNCC1)C1CC1.Cl. The third kappa shape index (κ3) is 3.95. The highest BCUT2D eigenvalue weighted by Crippen LogP contribution is 2.26. The maximum Gasteiger partial charge on any atom is 0.222 e. The summed E-state index contributed by atoms with van der Waals surface area (Å²) in [5, 5.41) is 3.36. The number of carbonyl (C=O) groups excluding carboxylic acids is 1. The number of amides is 1. The van der Waals surface area contributed by atoms with E-state index in [2.05, 4.69) is 5.32 Å². The number of nitrogens with zero attached hydrogens (tertiary/aromatic N) is 1. The fraction of sp³-hybridized carbons (Fsp3) is 0.917. The van der Waals surface area contributed by atoms with Gasteiger partial charge in [0.25, 0.3) is 0 Å². The van der Waals surface area contributed by atoms with Crippen molar-refractivity contribution in [1.82, 2.24) is 10.2 Å². The number of nitrogens with one attached hydrogen (secondary N) is 1. The molecule has 2 fully saturated rings. The molecule has 1 amide bonds. The maximum absolute atomic E-state index is 11.8. The number of halogens is 1. The Hall–Kier alpha value is -0.280. The highest BCUT2D eigenvalue weighted by atomic mass is 35.5. The number of hydrogen-bond donors (Lipinski definition) is 1. The Labute approximate surface area is 104 Å². The second-order valence-corrected chi connectivity index (χ2v) is 4.97. The average Bonchev–Trinajstić information content (AvgIpc) is 3.10. The predicted octanol–water partition coefficient (Wildman–Crippen LogP) is 1.81. The molecule has 0 aromatic heterocycles. The lowest BCUT2D eigenvalue weighted by Crippen LogP contribution is -2.31. The molecule has 1 saturated heterocycles. The van der Waals surface area contributed by atoms with Crippen LogP contribution in [0.3, 0.4) is 0 Å². The van der Waals surface area contributed by atoms with Crippen molar-refractivity contribution in [1.29, 1.82) is 0 Å². The zero-order chi connectivity index (χ0) is 10.7. The fourth-order valence-electron chi connectivity index (χ4n) is 2.34. The van der Waals surface area contributed by atoms with Gasteiger partial charge in [-0.05, 0) is 51.1 Å². The molecule has 0 aromatic carbocycles. The van der Waals surface area contributed by atoms with Gasteiger partial charge in [-0.1, -0.05) is 0 Å². The standard InChI is InChI=1S/C12H22N2O.ClH/c1-14(11-3-4-11)12(15)5-2-10-6-8-13-9-7-10;/h10-11,13H,2-9H2,1H3;1H. The van der Waals surface area contributed by atoms with Crippen LogP contribution in [0.25, 0.3) is 0 Å². The second-order valence-electron chi connectivity index (χ2n) is 4.97. The molecule has 4 heteroatoms. The monoisotopic (exact) mass is 246 g/mol. The summed E-state index contributed by atoms with van der Waals surface area (Å²) in [5.41, 5.74) is 0. The van der Waals surface area contributed by atoms with Crippen molar-refractivity contribution < 1.29 is 4.79 Å². The zero-order valence-electron chi connectivity index (χ0n) is 10.1. The molecule has 0 radical (unpaired) electrons. The van der Waals surface area contributed by atoms with Crippen molar-refractivity contribution in [3.8, 4) is 0 Å². The molecule has 0 atom stereocenters. The van der Waals surface area contributed by atoms with E-state index in [0.29, 0.717) is 11.9 Å². The Morgan fingerprint density at radius 2 is 1.88 bits per heavy atom. The van der Waals surface area contributed by atoms with Crippen molar-refractivity contribution >= 4 is 18.3 Å². The molecule has 1 saturated carbocycles. The number of piperidine rings is 1. The number of hydrogen-bond acceptors (Lipinski definition) is 2. The first-order valence-corrected chi connectivity index (χ1v) is 6.24. The molecule has 1 N–H and O–H groups in total. The molecule has 3 nitrogen and oxygen atoms in total. The van der Waals surface area contributed by atoms with Gasteiger partial charge in [-0.3, -0.25) is 4.79 Å². The predicted molar refractivity (Wildman–Crippen MR) is 67.9 cm³/mol. The Morgan fingerprint density at radius 3 is 2.44 bits per heavy atom. The largest absolute Gasteiger partial charge is 0.343 e. The van der Waals surface area contributed by atoms with Gasteiger partial charge >= 0.3 is 0 Å². The third-order valence-corrected chi connectivity index (χ3v) is 3.71. The van der Waals surface area contributed by atoms with Gasteiger partial charge in [0.05, 0.1) is 0 Å². The van der Waals surface area contributed by atoms with E-state index in [4.69, 9.17) is 0 Å². The Bertz CT molecular complexity index is 225. The lowest BCUT2D eigenvalue weighted by Gasteiger charge is -2.23. The molecule has 2 aliphatic rings. The van der Waals surface area contributed by atoms with Crippen LogP contribution in [0.15, 0.2) is 0 Å². The lowest BCUT2D eigenvalue weighted by molar-refractivity contribution is -0.130. The van der Waals surface area contributed by atoms with Crippen LogP contribution in [-0.4, -0.2) is 37.0 Å². The van der Waals surface area contributed by atoms with Gasteiger partial charge in [-0.15, -0.1) is 12.4 Å². The maximum atomic E-state index is 11.8. The normalized spacial score (nSPS) is 21.3. The zero-order valence-corrected chi connectivity index (χ0v) is 10.9. The summed E-state index contributed by atoms with van der Waals surface area (Å²) in [4.78, 5) is 13.7. The highest BCUT2D eigenvalue weighted by molar-refractivity contribution is 5.85. The summed E-state index contributed by atoms with van der Waals surface area (Å²) in [6.45, 7) is 2.27. The van der Waals surface area contributed by atoms with Crippen molar-refractivity contribution in [3.63, 3.8) is 0 Å². The van der Waals surface area contributed by atoms with Gasteiger partial charge in [0.2, 0.25) is 5.91 Å². The minimum absolute atomic E-state index is 0. The minimum Gasteiger partial charge on any atom is -0.343 e. The van der Waals surface area contributed by atoms with E-state index in [1.165, 1.54) is 25.7 Å². The minimum atomic E-state index is 0. The van der Waals surface area contributed by atoms with E-state index in [1.807, 2.05) is 11.9 Å². The first-order valence-electron chi connectivity index (χ1n) is 6.24. The van der Waals surface area contributed by atoms with Crippen LogP contribution in [0, 0.1) is 5.92 Å². The van der Waals surface area contributed by atoms with Crippen LogP contribution in [0.2, 0.25) is 0 Å². The van der Waals surface area contributed by atoms with Gasteiger partial charge in [-0.25, -0.2) is 0 Å². The Morgan fingerprint density at radius 1 is 1.25 bits per heavy atom. The van der Waals surface area contributed by atoms with E-state index in [-0.39, 0.29) is 12.4 Å². The summed E-state index contributed by atoms with van der Waals surface area (Å²) in [6.07, 6.45) is 6.79. The summed E-state index contributed by atoms with van der Waals surface area (Å²) >= 11 is 0. The second kappa shape index (κ2) is 6.45. The summed E-state index contributed by atoms with van der Waals surface area (Å²) in [5.74, 6) is 1.14. The Kier molecular flexibility index (Phi) is 5.56. The van der Waals surface area contributed by atoms with Gasteiger partial charge in [0.1, 0.15) is 0 Å². The molecule has 16 heavy (non-hydrogen) atoms. The lowest BCUT2D eigenvalue weighted by atomic mass is 9.93. The van der Waals surface area contributed by atoms with Crippen LogP contribution < -0.4 is 5.32 Å². The van der Waals surface area contributed by atoms with E-state index < -0.39 is 0 Å². The quantitative estimate of drug-likeness (QED) is 0.821. The van der Waals surface area contributed by atoms with Crippen molar-refractivity contribution in [2.24, 2.45) is 5.92 Å².